The summed E-state index contributed by atoms with van der Waals surface area (Å²) in [5, 5.41) is 35.4. The molecule has 2 aliphatic rings. The molecule has 5 atom stereocenters. The number of amidine groups is 1. The van der Waals surface area contributed by atoms with E-state index in [1.54, 1.807) is 17.8 Å². The Balaban J connectivity index is 1.25. The number of hydrazone groups is 1. The van der Waals surface area contributed by atoms with Crippen molar-refractivity contribution in [3.63, 3.8) is 0 Å². The summed E-state index contributed by atoms with van der Waals surface area (Å²) in [4.78, 5) is 27.7. The summed E-state index contributed by atoms with van der Waals surface area (Å²) in [7, 11) is 0. The number of aliphatic hydroxyl groups excluding tert-OH is 2. The van der Waals surface area contributed by atoms with E-state index in [0.717, 1.165) is 22.4 Å². The van der Waals surface area contributed by atoms with Crippen molar-refractivity contribution in [1.82, 2.24) is 30.7 Å². The van der Waals surface area contributed by atoms with Crippen LogP contribution >= 0.6 is 0 Å². The second-order valence-corrected chi connectivity index (χ2v) is 9.39. The predicted octanol–water partition coefficient (Wildman–Crippen LogP) is 0.681. The number of carbonyl (C=O) groups is 2. The molecule has 0 radical (unpaired) electrons. The third kappa shape index (κ3) is 5.29. The van der Waals surface area contributed by atoms with Gasteiger partial charge in [0.2, 0.25) is 6.23 Å². The van der Waals surface area contributed by atoms with Crippen molar-refractivity contribution >= 4 is 17.8 Å². The Bertz CT molecular complexity index is 1340. The molecule has 2 unspecified atom stereocenters. The number of carbonyl (C=O) groups excluding carboxylic acids is 2. The van der Waals surface area contributed by atoms with Gasteiger partial charge in [0.1, 0.15) is 6.04 Å². The van der Waals surface area contributed by atoms with Gasteiger partial charge >= 0.3 is 6.02 Å². The van der Waals surface area contributed by atoms with Gasteiger partial charge in [-0.2, -0.15) is 5.10 Å². The number of nitrogens with one attached hydrogen (secondary N) is 3. The molecule has 0 aliphatic carbocycles. The molecule has 5 rings (SSSR count). The average Bonchev–Trinajstić information content (AvgIpc) is 3.72. The van der Waals surface area contributed by atoms with Crippen molar-refractivity contribution in [3.8, 4) is 5.69 Å². The minimum atomic E-state index is -1.98. The summed E-state index contributed by atoms with van der Waals surface area (Å²) < 4.78 is 7.56. The lowest BCUT2D eigenvalue weighted by Crippen LogP contribution is -2.52. The minimum absolute atomic E-state index is 0.183. The summed E-state index contributed by atoms with van der Waals surface area (Å²) >= 11 is 0. The number of amides is 2. The fourth-order valence-electron chi connectivity index (χ4n) is 4.79. The van der Waals surface area contributed by atoms with Gasteiger partial charge in [0.15, 0.2) is 12.2 Å². The molecule has 2 aromatic carbocycles. The largest absolute Gasteiger partial charge is 0.436 e. The number of fused-ring (bicyclic) bond motifs is 1. The Kier molecular flexibility index (Phi) is 7.48. The number of ether oxygens (including phenoxy) is 1. The van der Waals surface area contributed by atoms with E-state index < -0.39 is 42.3 Å². The van der Waals surface area contributed by atoms with E-state index in [2.05, 4.69) is 26.3 Å². The number of aliphatic hydroxyl groups is 2. The van der Waals surface area contributed by atoms with E-state index in [0.29, 0.717) is 12.6 Å². The Morgan fingerprint density at radius 2 is 1.90 bits per heavy atom. The van der Waals surface area contributed by atoms with E-state index in [4.69, 9.17) is 4.74 Å². The molecule has 5 N–H and O–H groups in total. The highest BCUT2D eigenvalue weighted by Crippen LogP contribution is 2.37. The van der Waals surface area contributed by atoms with Crippen molar-refractivity contribution in [2.45, 2.75) is 50.9 Å². The number of nitrogens with zero attached hydrogens (tertiary/aromatic N) is 4. The van der Waals surface area contributed by atoms with Crippen LogP contribution in [-0.4, -0.2) is 67.7 Å². The van der Waals surface area contributed by atoms with Crippen LogP contribution in [0.25, 0.3) is 5.69 Å². The summed E-state index contributed by atoms with van der Waals surface area (Å²) in [5.74, 6) is -1.65. The SMILES string of the molecule is CCNC1=NNC(C2c3ccccc3CN2C(=O)[C@H](O)[C@@H](O)C(=O)N[C@H](C)c2ccc(-n3cccn3)cc2)O1. The van der Waals surface area contributed by atoms with Crippen LogP contribution in [-0.2, 0) is 20.9 Å². The zero-order chi connectivity index (χ0) is 27.5. The van der Waals surface area contributed by atoms with Gasteiger partial charge in [-0.15, -0.1) is 5.10 Å². The molecule has 1 aromatic heterocycles. The zero-order valence-corrected chi connectivity index (χ0v) is 21.6. The molecule has 12 nitrogen and oxygen atoms in total. The summed E-state index contributed by atoms with van der Waals surface area (Å²) in [6.45, 7) is 4.44. The van der Waals surface area contributed by atoms with Crippen LogP contribution in [0.4, 0.5) is 0 Å². The van der Waals surface area contributed by atoms with Gasteiger partial charge in [-0.1, -0.05) is 36.4 Å². The van der Waals surface area contributed by atoms with Crippen LogP contribution in [0.3, 0.4) is 0 Å². The number of rotatable bonds is 8. The Labute approximate surface area is 225 Å². The monoisotopic (exact) mass is 533 g/mol. The summed E-state index contributed by atoms with van der Waals surface area (Å²) in [6, 6.07) is 15.8. The lowest BCUT2D eigenvalue weighted by atomic mass is 10.0. The molecule has 0 spiro atoms. The summed E-state index contributed by atoms with van der Waals surface area (Å²) in [6.07, 6.45) is -1.17. The normalized spacial score (nSPS) is 20.2. The first-order chi connectivity index (χ1) is 18.9. The third-order valence-corrected chi connectivity index (χ3v) is 6.82. The van der Waals surface area contributed by atoms with Gasteiger partial charge in [-0.25, -0.2) is 4.68 Å². The molecule has 39 heavy (non-hydrogen) atoms. The highest BCUT2D eigenvalue weighted by molar-refractivity contribution is 5.91. The lowest BCUT2D eigenvalue weighted by Gasteiger charge is -2.31. The molecule has 0 saturated carbocycles. The number of aromatic nitrogens is 2. The van der Waals surface area contributed by atoms with E-state index in [1.807, 2.05) is 67.7 Å². The maximum Gasteiger partial charge on any atom is 0.308 e. The number of benzene rings is 2. The van der Waals surface area contributed by atoms with E-state index in [1.165, 1.54) is 4.90 Å². The number of hydrogen-bond donors (Lipinski definition) is 5. The van der Waals surface area contributed by atoms with Gasteiger partial charge in [0.05, 0.1) is 11.7 Å². The molecule has 0 saturated heterocycles. The van der Waals surface area contributed by atoms with Crippen molar-refractivity contribution in [1.29, 1.82) is 0 Å². The second-order valence-electron chi connectivity index (χ2n) is 9.39. The molecule has 0 bridgehead atoms. The molecule has 204 valence electrons. The maximum absolute atomic E-state index is 13.4. The van der Waals surface area contributed by atoms with Crippen LogP contribution in [0.15, 0.2) is 72.1 Å². The first-order valence-electron chi connectivity index (χ1n) is 12.8. The van der Waals surface area contributed by atoms with Crippen LogP contribution in [0, 0.1) is 0 Å². The molecule has 3 aromatic rings. The maximum atomic E-state index is 13.4. The molecule has 12 heteroatoms. The van der Waals surface area contributed by atoms with Gasteiger partial charge in [-0.3, -0.25) is 15.0 Å². The Morgan fingerprint density at radius 1 is 1.13 bits per heavy atom. The van der Waals surface area contributed by atoms with E-state index in [9.17, 15) is 19.8 Å². The van der Waals surface area contributed by atoms with Crippen LogP contribution in [0.1, 0.15) is 42.6 Å². The molecule has 0 fully saturated rings. The van der Waals surface area contributed by atoms with E-state index in [-0.39, 0.29) is 6.54 Å². The first-order valence-corrected chi connectivity index (χ1v) is 12.8. The van der Waals surface area contributed by atoms with Crippen molar-refractivity contribution in [2.75, 3.05) is 6.54 Å². The van der Waals surface area contributed by atoms with E-state index >= 15 is 0 Å². The molecular weight excluding hydrogens is 502 g/mol. The minimum Gasteiger partial charge on any atom is -0.436 e. The molecule has 3 heterocycles. The topological polar surface area (TPSA) is 153 Å². The van der Waals surface area contributed by atoms with Crippen LogP contribution in [0.5, 0.6) is 0 Å². The third-order valence-electron chi connectivity index (χ3n) is 6.82. The summed E-state index contributed by atoms with van der Waals surface area (Å²) in [5.41, 5.74) is 6.22. The quantitative estimate of drug-likeness (QED) is 0.283. The predicted molar refractivity (Wildman–Crippen MR) is 141 cm³/mol. The second kappa shape index (κ2) is 11.1. The molecule has 2 amide bonds. The van der Waals surface area contributed by atoms with Crippen molar-refractivity contribution in [3.05, 3.63) is 83.7 Å². The number of hydrogen-bond acceptors (Lipinski definition) is 9. The fraction of sp³-hybridized carbons (Fsp3) is 0.333. The first kappa shape index (κ1) is 26.2. The Hall–Kier alpha value is -4.42. The average molecular weight is 534 g/mol. The standard InChI is InChI=1S/C27H31N7O5/c1-3-28-27-32-31-25(39-27)21-20-8-5-4-7-18(20)15-33(21)26(38)23(36)22(35)24(37)30-16(2)17-9-11-19(12-10-17)34-14-6-13-29-34/h4-14,16,21-23,25,31,35-36H,3,15H2,1-2H3,(H,28,32)(H,30,37)/t16-,21?,22-,23-,25?/m1/s1. The van der Waals surface area contributed by atoms with Crippen molar-refractivity contribution in [2.24, 2.45) is 5.10 Å². The van der Waals surface area contributed by atoms with Gasteiger partial charge in [0.25, 0.3) is 11.8 Å². The van der Waals surface area contributed by atoms with Crippen molar-refractivity contribution < 1.29 is 24.5 Å². The van der Waals surface area contributed by atoms with Crippen LogP contribution in [0.2, 0.25) is 0 Å². The fourth-order valence-corrected chi connectivity index (χ4v) is 4.79. The lowest BCUT2D eigenvalue weighted by molar-refractivity contribution is -0.157. The van der Waals surface area contributed by atoms with Crippen LogP contribution < -0.4 is 16.1 Å². The zero-order valence-electron chi connectivity index (χ0n) is 21.6. The van der Waals surface area contributed by atoms with Gasteiger partial charge < -0.3 is 30.5 Å². The Morgan fingerprint density at radius 3 is 2.62 bits per heavy atom. The van der Waals surface area contributed by atoms with Gasteiger partial charge in [0, 0.05) is 25.5 Å². The molecular formula is C27H31N7O5. The highest BCUT2D eigenvalue weighted by Gasteiger charge is 2.45. The smallest absolute Gasteiger partial charge is 0.308 e. The van der Waals surface area contributed by atoms with Gasteiger partial charge in [-0.05, 0) is 48.7 Å². The highest BCUT2D eigenvalue weighted by atomic mass is 16.5. The molecule has 2 aliphatic heterocycles.